The molecule has 1 aromatic heterocycles. The van der Waals surface area contributed by atoms with Crippen LogP contribution in [0.1, 0.15) is 48.7 Å². The Kier molecular flexibility index (Phi) is 4.56. The summed E-state index contributed by atoms with van der Waals surface area (Å²) in [6.07, 6.45) is 5.13. The number of hydrogen-bond acceptors (Lipinski definition) is 2. The number of benzene rings is 2. The van der Waals surface area contributed by atoms with Gasteiger partial charge in [-0.1, -0.05) is 37.3 Å². The van der Waals surface area contributed by atoms with Gasteiger partial charge in [0.2, 0.25) is 0 Å². The minimum atomic E-state index is -0.244. The molecule has 0 saturated carbocycles. The second-order valence-electron chi connectivity index (χ2n) is 6.96. The highest BCUT2D eigenvalue weighted by molar-refractivity contribution is 5.81. The zero-order valence-electron chi connectivity index (χ0n) is 15.2. The van der Waals surface area contributed by atoms with Gasteiger partial charge in [0.15, 0.2) is 0 Å². The van der Waals surface area contributed by atoms with Crippen molar-refractivity contribution in [1.29, 1.82) is 0 Å². The lowest BCUT2D eigenvalue weighted by molar-refractivity contribution is 0.214. The van der Waals surface area contributed by atoms with Crippen LogP contribution in [0, 0.1) is 5.82 Å². The normalized spacial score (nSPS) is 15.7. The molecule has 2 aromatic carbocycles. The van der Waals surface area contributed by atoms with Crippen LogP contribution in [0.5, 0.6) is 0 Å². The molecule has 0 N–H and O–H groups in total. The molecule has 1 aliphatic rings. The van der Waals surface area contributed by atoms with Gasteiger partial charge in [-0.25, -0.2) is 9.37 Å². The zero-order valence-corrected chi connectivity index (χ0v) is 15.2. The Morgan fingerprint density at radius 2 is 1.85 bits per heavy atom. The summed E-state index contributed by atoms with van der Waals surface area (Å²) in [5, 5.41) is 0.985. The highest BCUT2D eigenvalue weighted by Gasteiger charge is 2.25. The van der Waals surface area contributed by atoms with Crippen molar-refractivity contribution >= 4 is 17.0 Å². The van der Waals surface area contributed by atoms with Crippen LogP contribution >= 0.6 is 0 Å². The molecule has 3 heteroatoms. The van der Waals surface area contributed by atoms with E-state index in [4.69, 9.17) is 4.98 Å². The van der Waals surface area contributed by atoms with E-state index in [0.717, 1.165) is 30.6 Å². The Bertz CT molecular complexity index is 952. The van der Waals surface area contributed by atoms with Crippen molar-refractivity contribution < 1.29 is 4.39 Å². The van der Waals surface area contributed by atoms with Crippen LogP contribution in [0.4, 0.5) is 4.39 Å². The lowest BCUT2D eigenvalue weighted by Crippen LogP contribution is -2.21. The van der Waals surface area contributed by atoms with Crippen molar-refractivity contribution in [3.8, 4) is 0 Å². The Labute approximate surface area is 154 Å². The van der Waals surface area contributed by atoms with Gasteiger partial charge in [0.1, 0.15) is 5.82 Å². The number of fused-ring (bicyclic) bond motifs is 2. The van der Waals surface area contributed by atoms with Crippen LogP contribution in [0.3, 0.4) is 0 Å². The van der Waals surface area contributed by atoms with Crippen molar-refractivity contribution in [2.24, 2.45) is 0 Å². The summed E-state index contributed by atoms with van der Waals surface area (Å²) in [4.78, 5) is 7.23. The summed E-state index contributed by atoms with van der Waals surface area (Å²) in [5.41, 5.74) is 5.65. The zero-order chi connectivity index (χ0) is 18.1. The molecule has 1 atom stereocenters. The van der Waals surface area contributed by atoms with Crippen LogP contribution in [-0.4, -0.2) is 9.88 Å². The van der Waals surface area contributed by atoms with Crippen molar-refractivity contribution in [3.63, 3.8) is 0 Å². The summed E-state index contributed by atoms with van der Waals surface area (Å²) in [5.74, 6) is -0.244. The molecule has 0 fully saturated rings. The van der Waals surface area contributed by atoms with Gasteiger partial charge in [0.25, 0.3) is 0 Å². The van der Waals surface area contributed by atoms with Gasteiger partial charge in [-0.2, -0.15) is 0 Å². The molecule has 0 aliphatic carbocycles. The predicted octanol–water partition coefficient (Wildman–Crippen LogP) is 5.87. The molecule has 0 amide bonds. The quantitative estimate of drug-likeness (QED) is 0.587. The third-order valence-corrected chi connectivity index (χ3v) is 5.21. The number of allylic oxidation sites excluding steroid dienone is 1. The summed E-state index contributed by atoms with van der Waals surface area (Å²) < 4.78 is 13.6. The van der Waals surface area contributed by atoms with Gasteiger partial charge in [0, 0.05) is 30.6 Å². The summed E-state index contributed by atoms with van der Waals surface area (Å²) in [6, 6.07) is 15.9. The van der Waals surface area contributed by atoms with E-state index in [0.29, 0.717) is 5.52 Å². The first-order chi connectivity index (χ1) is 12.7. The van der Waals surface area contributed by atoms with Crippen LogP contribution in [0.25, 0.3) is 17.0 Å². The monoisotopic (exact) mass is 346 g/mol. The lowest BCUT2D eigenvalue weighted by Gasteiger charge is -2.25. The molecule has 2 heterocycles. The molecule has 2 nitrogen and oxygen atoms in total. The molecule has 1 unspecified atom stereocenters. The topological polar surface area (TPSA) is 16.1 Å². The second-order valence-corrected chi connectivity index (χ2v) is 6.96. The van der Waals surface area contributed by atoms with E-state index < -0.39 is 0 Å². The molecule has 1 aliphatic heterocycles. The minimum absolute atomic E-state index is 0.237. The van der Waals surface area contributed by atoms with Crippen LogP contribution < -0.4 is 0 Å². The Morgan fingerprint density at radius 3 is 2.54 bits per heavy atom. The van der Waals surface area contributed by atoms with E-state index in [2.05, 4.69) is 61.2 Å². The molecule has 4 rings (SSSR count). The van der Waals surface area contributed by atoms with Gasteiger partial charge in [0.05, 0.1) is 11.2 Å². The number of hydrogen-bond donors (Lipinski definition) is 0. The molecular formula is C23H23FN2. The SMILES string of the molecule is CCC=Cc1nc2cc(F)ccc2cc1C(C)N1Cc2ccccc2C1. The van der Waals surface area contributed by atoms with Crippen LogP contribution in [0.15, 0.2) is 54.6 Å². The number of nitrogens with zero attached hydrogens (tertiary/aromatic N) is 2. The first kappa shape index (κ1) is 16.9. The van der Waals surface area contributed by atoms with Gasteiger partial charge in [-0.15, -0.1) is 0 Å². The number of rotatable bonds is 4. The van der Waals surface area contributed by atoms with Crippen molar-refractivity contribution in [1.82, 2.24) is 9.88 Å². The van der Waals surface area contributed by atoms with Crippen molar-refractivity contribution in [2.45, 2.75) is 39.4 Å². The Morgan fingerprint density at radius 1 is 1.12 bits per heavy atom. The highest BCUT2D eigenvalue weighted by Crippen LogP contribution is 2.33. The third-order valence-electron chi connectivity index (χ3n) is 5.21. The predicted molar refractivity (Wildman–Crippen MR) is 105 cm³/mol. The van der Waals surface area contributed by atoms with Gasteiger partial charge in [-0.05, 0) is 54.3 Å². The average molecular weight is 346 g/mol. The smallest absolute Gasteiger partial charge is 0.125 e. The third kappa shape index (κ3) is 3.15. The molecule has 132 valence electrons. The van der Waals surface area contributed by atoms with E-state index in [9.17, 15) is 4.39 Å². The highest BCUT2D eigenvalue weighted by atomic mass is 19.1. The minimum Gasteiger partial charge on any atom is -0.288 e. The molecule has 26 heavy (non-hydrogen) atoms. The molecule has 3 aromatic rings. The Balaban J connectivity index is 1.74. The standard InChI is InChI=1S/C23H23FN2/c1-3-4-9-22-21(12-17-10-11-20(24)13-23(17)25-22)16(2)26-14-18-7-5-6-8-19(18)15-26/h4-13,16H,3,14-15H2,1-2H3. The van der Waals surface area contributed by atoms with Crippen LogP contribution in [-0.2, 0) is 13.1 Å². The van der Waals surface area contributed by atoms with E-state index in [1.807, 2.05) is 6.07 Å². The molecular weight excluding hydrogens is 323 g/mol. The average Bonchev–Trinajstić information content (AvgIpc) is 3.09. The summed E-state index contributed by atoms with van der Waals surface area (Å²) >= 11 is 0. The number of pyridine rings is 1. The number of aromatic nitrogens is 1. The number of halogens is 1. The van der Waals surface area contributed by atoms with E-state index >= 15 is 0 Å². The summed E-state index contributed by atoms with van der Waals surface area (Å²) in [7, 11) is 0. The molecule has 0 bridgehead atoms. The van der Waals surface area contributed by atoms with Gasteiger partial charge >= 0.3 is 0 Å². The molecule has 0 spiro atoms. The van der Waals surface area contributed by atoms with Gasteiger partial charge < -0.3 is 0 Å². The fourth-order valence-corrected chi connectivity index (χ4v) is 3.70. The maximum atomic E-state index is 13.6. The van der Waals surface area contributed by atoms with E-state index in [1.54, 1.807) is 0 Å². The largest absolute Gasteiger partial charge is 0.288 e. The fourth-order valence-electron chi connectivity index (χ4n) is 3.70. The Hall–Kier alpha value is -2.52. The van der Waals surface area contributed by atoms with Crippen molar-refractivity contribution in [3.05, 3.63) is 82.8 Å². The second kappa shape index (κ2) is 7.00. The molecule has 0 saturated heterocycles. The van der Waals surface area contributed by atoms with E-state index in [1.165, 1.54) is 28.8 Å². The summed E-state index contributed by atoms with van der Waals surface area (Å²) in [6.45, 7) is 6.25. The first-order valence-corrected chi connectivity index (χ1v) is 9.23. The van der Waals surface area contributed by atoms with Gasteiger partial charge in [-0.3, -0.25) is 4.90 Å². The fraction of sp³-hybridized carbons (Fsp3) is 0.261. The molecule has 0 radical (unpaired) electrons. The maximum absolute atomic E-state index is 13.6. The van der Waals surface area contributed by atoms with E-state index in [-0.39, 0.29) is 11.9 Å². The first-order valence-electron chi connectivity index (χ1n) is 9.23. The van der Waals surface area contributed by atoms with Crippen LogP contribution in [0.2, 0.25) is 0 Å². The lowest BCUT2D eigenvalue weighted by atomic mass is 10.0. The van der Waals surface area contributed by atoms with Crippen molar-refractivity contribution in [2.75, 3.05) is 0 Å². The maximum Gasteiger partial charge on any atom is 0.125 e.